The highest BCUT2D eigenvalue weighted by atomic mass is 35.5. The first kappa shape index (κ1) is 27.9. The number of hydrogen-bond donors (Lipinski definition) is 2. The Hall–Kier alpha value is -3.11. The van der Waals surface area contributed by atoms with Crippen molar-refractivity contribution >= 4 is 23.1 Å². The number of rotatable bonds is 12. The van der Waals surface area contributed by atoms with E-state index >= 15 is 0 Å². The van der Waals surface area contributed by atoms with E-state index in [9.17, 15) is 14.7 Å². The summed E-state index contributed by atoms with van der Waals surface area (Å²) < 4.78 is 8.68. The molecule has 3 aromatic rings. The van der Waals surface area contributed by atoms with Crippen LogP contribution in [0.4, 0.5) is 11.5 Å². The van der Waals surface area contributed by atoms with Gasteiger partial charge in [0, 0.05) is 25.2 Å². The number of ether oxygens (including phenoxy) is 1. The van der Waals surface area contributed by atoms with Crippen molar-refractivity contribution < 1.29 is 9.84 Å². The van der Waals surface area contributed by atoms with Gasteiger partial charge in [0.1, 0.15) is 11.5 Å². The highest BCUT2D eigenvalue weighted by molar-refractivity contribution is 6.30. The Morgan fingerprint density at radius 2 is 1.79 bits per heavy atom. The standard InChI is InChI=1S/C28H36ClN5O4/c1-31(2)18-22-9-6-8-20(17-22)7-4-5-16-38-27-30-25-24(26(36)33(14-15-35)28(37)32(25)3)34(27)19-21-10-12-23(29)13-11-21/h6,8-13,17,27,30,35H,4-5,7,14-16,18-19H2,1-3H3. The summed E-state index contributed by atoms with van der Waals surface area (Å²) in [6.07, 6.45) is 2.14. The Labute approximate surface area is 227 Å². The first-order valence-electron chi connectivity index (χ1n) is 12.8. The third kappa shape index (κ3) is 6.47. The minimum atomic E-state index is -0.618. The van der Waals surface area contributed by atoms with Crippen LogP contribution in [0.2, 0.25) is 5.02 Å². The second-order valence-electron chi connectivity index (χ2n) is 9.86. The number of benzene rings is 2. The van der Waals surface area contributed by atoms with Crippen LogP contribution in [0.15, 0.2) is 58.1 Å². The summed E-state index contributed by atoms with van der Waals surface area (Å²) in [5.74, 6) is 0.408. The fourth-order valence-corrected chi connectivity index (χ4v) is 4.87. The Morgan fingerprint density at radius 3 is 2.50 bits per heavy atom. The van der Waals surface area contributed by atoms with E-state index in [0.29, 0.717) is 29.7 Å². The Bertz CT molecular complexity index is 1350. The van der Waals surface area contributed by atoms with Crippen molar-refractivity contribution in [3.8, 4) is 0 Å². The largest absolute Gasteiger partial charge is 0.395 e. The molecule has 0 aliphatic carbocycles. The number of nitrogens with one attached hydrogen (secondary N) is 1. The maximum absolute atomic E-state index is 13.3. The van der Waals surface area contributed by atoms with Crippen molar-refractivity contribution in [3.05, 3.63) is 91.1 Å². The summed E-state index contributed by atoms with van der Waals surface area (Å²) in [5.41, 5.74) is 2.95. The molecule has 0 saturated heterocycles. The summed E-state index contributed by atoms with van der Waals surface area (Å²) in [6, 6.07) is 16.1. The van der Waals surface area contributed by atoms with Gasteiger partial charge < -0.3 is 25.0 Å². The zero-order valence-electron chi connectivity index (χ0n) is 22.2. The second-order valence-corrected chi connectivity index (χ2v) is 10.3. The molecule has 0 fully saturated rings. The number of aromatic nitrogens is 2. The molecule has 0 spiro atoms. The SMILES string of the molecule is CN(C)Cc1cccc(CCCCOC2Nc3c(c(=O)n(CCO)c(=O)n3C)N2Cc2ccc(Cl)cc2)c1. The summed E-state index contributed by atoms with van der Waals surface area (Å²) in [6.45, 7) is 1.40. The molecular formula is C28H36ClN5O4. The van der Waals surface area contributed by atoms with Gasteiger partial charge in [-0.2, -0.15) is 0 Å². The number of anilines is 2. The van der Waals surface area contributed by atoms with E-state index in [0.717, 1.165) is 35.9 Å². The Balaban J connectivity index is 1.47. The Kier molecular flexibility index (Phi) is 9.27. The lowest BCUT2D eigenvalue weighted by atomic mass is 10.1. The minimum Gasteiger partial charge on any atom is -0.395 e. The number of fused-ring (bicyclic) bond motifs is 1. The van der Waals surface area contributed by atoms with Gasteiger partial charge in [-0.25, -0.2) is 4.79 Å². The molecule has 0 bridgehead atoms. The molecule has 0 radical (unpaired) electrons. The van der Waals surface area contributed by atoms with E-state index in [2.05, 4.69) is 48.6 Å². The number of aliphatic hydroxyl groups is 1. The molecule has 2 aromatic carbocycles. The van der Waals surface area contributed by atoms with Crippen molar-refractivity contribution in [2.45, 2.75) is 45.2 Å². The molecule has 9 nitrogen and oxygen atoms in total. The molecule has 1 unspecified atom stereocenters. The van der Waals surface area contributed by atoms with Crippen LogP contribution in [0.5, 0.6) is 0 Å². The summed E-state index contributed by atoms with van der Waals surface area (Å²) >= 11 is 6.06. The van der Waals surface area contributed by atoms with Crippen LogP contribution in [-0.2, 0) is 37.8 Å². The van der Waals surface area contributed by atoms with Gasteiger partial charge in [-0.05, 0) is 62.2 Å². The molecule has 1 aromatic heterocycles. The predicted molar refractivity (Wildman–Crippen MR) is 151 cm³/mol. The maximum atomic E-state index is 13.3. The molecule has 0 amide bonds. The lowest BCUT2D eigenvalue weighted by Gasteiger charge is -2.26. The topological polar surface area (TPSA) is 92.0 Å². The van der Waals surface area contributed by atoms with E-state index in [4.69, 9.17) is 16.3 Å². The lowest BCUT2D eigenvalue weighted by Crippen LogP contribution is -2.43. The zero-order chi connectivity index (χ0) is 27.2. The average molecular weight is 542 g/mol. The highest BCUT2D eigenvalue weighted by Crippen LogP contribution is 2.32. The van der Waals surface area contributed by atoms with Crippen molar-refractivity contribution in [1.82, 2.24) is 14.0 Å². The molecule has 1 atom stereocenters. The van der Waals surface area contributed by atoms with Crippen molar-refractivity contribution in [2.75, 3.05) is 37.5 Å². The van der Waals surface area contributed by atoms with Gasteiger partial charge in [-0.3, -0.25) is 13.9 Å². The minimum absolute atomic E-state index is 0.0746. The first-order valence-corrected chi connectivity index (χ1v) is 13.2. The molecule has 38 heavy (non-hydrogen) atoms. The van der Waals surface area contributed by atoms with Gasteiger partial charge in [0.05, 0.1) is 19.8 Å². The zero-order valence-corrected chi connectivity index (χ0v) is 22.9. The van der Waals surface area contributed by atoms with Crippen molar-refractivity contribution in [2.24, 2.45) is 7.05 Å². The van der Waals surface area contributed by atoms with E-state index in [1.54, 1.807) is 19.2 Å². The lowest BCUT2D eigenvalue weighted by molar-refractivity contribution is 0.0695. The van der Waals surface area contributed by atoms with Crippen LogP contribution in [0.25, 0.3) is 0 Å². The van der Waals surface area contributed by atoms with Crippen LogP contribution < -0.4 is 21.5 Å². The molecule has 204 valence electrons. The van der Waals surface area contributed by atoms with Gasteiger partial charge >= 0.3 is 5.69 Å². The number of hydrogen-bond acceptors (Lipinski definition) is 7. The number of aliphatic hydroxyl groups excluding tert-OH is 1. The molecule has 1 aliphatic rings. The normalized spacial score (nSPS) is 14.7. The van der Waals surface area contributed by atoms with Gasteiger partial charge in [0.2, 0.25) is 6.35 Å². The molecule has 2 heterocycles. The van der Waals surface area contributed by atoms with Crippen LogP contribution >= 0.6 is 11.6 Å². The number of halogens is 1. The van der Waals surface area contributed by atoms with Crippen LogP contribution in [0.1, 0.15) is 29.5 Å². The molecule has 10 heteroatoms. The first-order chi connectivity index (χ1) is 18.3. The summed E-state index contributed by atoms with van der Waals surface area (Å²) in [7, 11) is 5.74. The summed E-state index contributed by atoms with van der Waals surface area (Å²) in [5, 5.41) is 13.3. The fourth-order valence-electron chi connectivity index (χ4n) is 4.74. The number of nitrogens with zero attached hydrogens (tertiary/aromatic N) is 4. The molecule has 4 rings (SSSR count). The van der Waals surface area contributed by atoms with Gasteiger partial charge in [-0.15, -0.1) is 0 Å². The summed E-state index contributed by atoms with van der Waals surface area (Å²) in [4.78, 5) is 30.1. The van der Waals surface area contributed by atoms with Crippen molar-refractivity contribution in [1.29, 1.82) is 0 Å². The van der Waals surface area contributed by atoms with E-state index in [-0.39, 0.29) is 13.2 Å². The quantitative estimate of drug-likeness (QED) is 0.341. The van der Waals surface area contributed by atoms with Crippen LogP contribution in [0, 0.1) is 0 Å². The monoisotopic (exact) mass is 541 g/mol. The average Bonchev–Trinajstić information content (AvgIpc) is 3.24. The Morgan fingerprint density at radius 1 is 1.05 bits per heavy atom. The van der Waals surface area contributed by atoms with Gasteiger partial charge in [-0.1, -0.05) is 48.0 Å². The van der Waals surface area contributed by atoms with Gasteiger partial charge in [0.15, 0.2) is 0 Å². The number of unbranched alkanes of at least 4 members (excludes halogenated alkanes) is 1. The third-order valence-corrected chi connectivity index (χ3v) is 6.82. The third-order valence-electron chi connectivity index (χ3n) is 6.57. The van der Waals surface area contributed by atoms with E-state index in [1.807, 2.05) is 17.0 Å². The fraction of sp³-hybridized carbons (Fsp3) is 0.429. The van der Waals surface area contributed by atoms with Gasteiger partial charge in [0.25, 0.3) is 5.56 Å². The maximum Gasteiger partial charge on any atom is 0.332 e. The van der Waals surface area contributed by atoms with Crippen LogP contribution in [-0.4, -0.2) is 52.8 Å². The second kappa shape index (κ2) is 12.6. The van der Waals surface area contributed by atoms with Crippen LogP contribution in [0.3, 0.4) is 0 Å². The predicted octanol–water partition coefficient (Wildman–Crippen LogP) is 3.01. The number of aryl methyl sites for hydroxylation is 1. The van der Waals surface area contributed by atoms with Crippen molar-refractivity contribution in [3.63, 3.8) is 0 Å². The molecular weight excluding hydrogens is 506 g/mol. The molecule has 0 saturated carbocycles. The highest BCUT2D eigenvalue weighted by Gasteiger charge is 2.35. The van der Waals surface area contributed by atoms with E-state index < -0.39 is 17.6 Å². The van der Waals surface area contributed by atoms with E-state index in [1.165, 1.54) is 15.7 Å². The smallest absolute Gasteiger partial charge is 0.332 e. The molecule has 1 aliphatic heterocycles. The molecule has 2 N–H and O–H groups in total.